The number of alkyl carbamates (subject to hydrolysis) is 1. The predicted molar refractivity (Wildman–Crippen MR) is 200 cm³/mol. The van der Waals surface area contributed by atoms with E-state index in [1.807, 2.05) is 18.2 Å². The zero-order valence-electron chi connectivity index (χ0n) is 28.7. The first-order valence-corrected chi connectivity index (χ1v) is 17.4. The Hall–Kier alpha value is -5.59. The molecule has 2 aromatic heterocycles. The van der Waals surface area contributed by atoms with Crippen molar-refractivity contribution in [2.75, 3.05) is 18.6 Å². The Morgan fingerprint density at radius 3 is 2.25 bits per heavy atom. The molecule has 13 heteroatoms. The molecule has 1 saturated heterocycles. The Morgan fingerprint density at radius 2 is 1.51 bits per heavy atom. The molecule has 6 aromatic rings. The number of aromatic nitrogens is 4. The Labute approximate surface area is 309 Å². The number of rotatable bonds is 6. The van der Waals surface area contributed by atoms with E-state index in [9.17, 15) is 18.4 Å². The minimum Gasteiger partial charge on any atom is -0.453 e. The lowest BCUT2D eigenvalue weighted by molar-refractivity contribution is -0.121. The predicted octanol–water partition coefficient (Wildman–Crippen LogP) is 7.68. The van der Waals surface area contributed by atoms with Gasteiger partial charge in [-0.1, -0.05) is 66.7 Å². The summed E-state index contributed by atoms with van der Waals surface area (Å²) in [5.41, 5.74) is 8.76. The first-order chi connectivity index (χ1) is 25.2. The molecule has 9 rings (SSSR count). The molecule has 1 fully saturated rings. The van der Waals surface area contributed by atoms with E-state index >= 15 is 0 Å². The number of nitrogens with zero attached hydrogens (tertiary/aromatic N) is 3. The Kier molecular flexibility index (Phi) is 8.74. The molecular weight excluding hydrogens is 700 g/mol. The van der Waals surface area contributed by atoms with E-state index in [4.69, 9.17) is 9.72 Å². The van der Waals surface area contributed by atoms with Gasteiger partial charge in [-0.3, -0.25) is 9.69 Å². The van der Waals surface area contributed by atoms with Crippen LogP contribution in [-0.2, 0) is 22.4 Å². The molecule has 3 aliphatic heterocycles. The van der Waals surface area contributed by atoms with Crippen LogP contribution in [0.3, 0.4) is 0 Å². The number of anilines is 1. The third-order valence-corrected chi connectivity index (χ3v) is 10.5. The van der Waals surface area contributed by atoms with Crippen molar-refractivity contribution >= 4 is 40.9 Å². The highest BCUT2D eigenvalue weighted by molar-refractivity contribution is 6.02. The lowest BCUT2D eigenvalue weighted by Crippen LogP contribution is -2.48. The van der Waals surface area contributed by atoms with E-state index in [2.05, 4.69) is 86.2 Å². The average molecular weight is 736 g/mol. The number of amides is 2. The summed E-state index contributed by atoms with van der Waals surface area (Å²) in [5, 5.41) is 7.71. The van der Waals surface area contributed by atoms with Gasteiger partial charge in [0, 0.05) is 18.4 Å². The van der Waals surface area contributed by atoms with Gasteiger partial charge in [0.25, 0.3) is 5.92 Å². The molecule has 0 radical (unpaired) electrons. The monoisotopic (exact) mass is 735 g/mol. The van der Waals surface area contributed by atoms with Gasteiger partial charge in [-0.25, -0.2) is 23.5 Å². The number of hydrogen-bond donors (Lipinski definition) is 4. The number of para-hydroxylation sites is 1. The average Bonchev–Trinajstić information content (AvgIpc) is 3.97. The van der Waals surface area contributed by atoms with Crippen LogP contribution in [0.1, 0.15) is 47.7 Å². The maximum atomic E-state index is 13.9. The van der Waals surface area contributed by atoms with Crippen LogP contribution in [-0.4, -0.2) is 57.6 Å². The van der Waals surface area contributed by atoms with Gasteiger partial charge in [0.05, 0.1) is 55.2 Å². The maximum absolute atomic E-state index is 13.9. The van der Waals surface area contributed by atoms with E-state index in [-0.39, 0.29) is 37.3 Å². The van der Waals surface area contributed by atoms with E-state index in [0.717, 1.165) is 61.2 Å². The highest BCUT2D eigenvalue weighted by Gasteiger charge is 2.43. The summed E-state index contributed by atoms with van der Waals surface area (Å²) in [6.07, 6.45) is 4.38. The van der Waals surface area contributed by atoms with Gasteiger partial charge < -0.3 is 25.3 Å². The van der Waals surface area contributed by atoms with Crippen molar-refractivity contribution in [3.8, 4) is 33.6 Å². The number of alkyl halides is 2. The summed E-state index contributed by atoms with van der Waals surface area (Å²) in [5.74, 6) is -1.68. The minimum atomic E-state index is -2.72. The van der Waals surface area contributed by atoms with Crippen molar-refractivity contribution in [1.29, 1.82) is 0 Å². The number of fused-ring (bicyclic) bond motifs is 1. The van der Waals surface area contributed by atoms with Crippen LogP contribution in [0.15, 0.2) is 91.3 Å². The van der Waals surface area contributed by atoms with Gasteiger partial charge in [0.1, 0.15) is 17.7 Å². The van der Waals surface area contributed by atoms with Crippen molar-refractivity contribution in [3.63, 3.8) is 0 Å². The van der Waals surface area contributed by atoms with Crippen LogP contribution < -0.4 is 15.5 Å². The zero-order chi connectivity index (χ0) is 35.6. The second kappa shape index (κ2) is 13.4. The highest BCUT2D eigenvalue weighted by Crippen LogP contribution is 2.44. The number of aromatic amines is 2. The summed E-state index contributed by atoms with van der Waals surface area (Å²) >= 11 is 0. The van der Waals surface area contributed by atoms with Crippen molar-refractivity contribution in [3.05, 3.63) is 114 Å². The molecule has 2 amide bonds. The molecule has 270 valence electrons. The molecule has 5 heterocycles. The number of methoxy groups -OCH3 is 1. The Morgan fingerprint density at radius 1 is 0.868 bits per heavy atom. The number of halogens is 3. The number of H-pyrrole nitrogens is 2. The summed E-state index contributed by atoms with van der Waals surface area (Å²) in [6, 6.07) is 25.3. The van der Waals surface area contributed by atoms with Gasteiger partial charge in [0.15, 0.2) is 0 Å². The van der Waals surface area contributed by atoms with Gasteiger partial charge in [-0.2, -0.15) is 0 Å². The topological polar surface area (TPSA) is 128 Å². The van der Waals surface area contributed by atoms with Crippen LogP contribution >= 0.6 is 12.4 Å². The van der Waals surface area contributed by atoms with Crippen molar-refractivity contribution in [2.45, 2.75) is 49.7 Å². The quantitative estimate of drug-likeness (QED) is 0.139. The molecule has 0 spiro atoms. The fourth-order valence-electron chi connectivity index (χ4n) is 7.84. The molecule has 3 atom stereocenters. The van der Waals surface area contributed by atoms with E-state index < -0.39 is 24.1 Å². The molecule has 4 N–H and O–H groups in total. The van der Waals surface area contributed by atoms with E-state index in [1.165, 1.54) is 7.11 Å². The smallest absolute Gasteiger partial charge is 0.407 e. The van der Waals surface area contributed by atoms with Crippen LogP contribution in [0.5, 0.6) is 0 Å². The number of carbonyl (C=O) groups excluding carboxylic acids is 2. The van der Waals surface area contributed by atoms with Crippen molar-refractivity contribution in [1.82, 2.24) is 30.6 Å². The number of aryl methyl sites for hydroxylation is 1. The fraction of sp³-hybridized carbons (Fsp3) is 0.250. The molecule has 10 nitrogen and oxygen atoms in total. The zero-order valence-corrected chi connectivity index (χ0v) is 29.5. The van der Waals surface area contributed by atoms with Crippen LogP contribution in [0.25, 0.3) is 44.4 Å². The molecule has 4 aromatic carbocycles. The summed E-state index contributed by atoms with van der Waals surface area (Å²) in [7, 11) is 1.29. The first kappa shape index (κ1) is 34.5. The van der Waals surface area contributed by atoms with Crippen LogP contribution in [0.2, 0.25) is 0 Å². The Bertz CT molecular complexity index is 2360. The molecule has 0 aliphatic carbocycles. The van der Waals surface area contributed by atoms with Gasteiger partial charge >= 0.3 is 6.09 Å². The standard InChI is InChI=1S/C40H35F2N7O3.ClH/c1-52-39(51)48-30-14-13-24-3-2-4-29-17-34(49(35(24)29)38(30)50)37-44-19-32(47-37)23-7-5-22(6-8-23)25-9-10-27-16-28(12-11-26(27)15-25)33-20-43-36(46-33)31-18-40(41,42)21-45-31;/h2-12,15-16,19-20,30-31,34,45H,13-14,17-18,21H2,1H3,(H,43,46)(H,44,47)(H,48,51);1H/t30-,31-,34-;/m0./s1. The molecule has 53 heavy (non-hydrogen) atoms. The number of benzene rings is 4. The van der Waals surface area contributed by atoms with Crippen molar-refractivity contribution in [2.24, 2.45) is 0 Å². The number of imidazole rings is 2. The van der Waals surface area contributed by atoms with Crippen LogP contribution in [0, 0.1) is 0 Å². The van der Waals surface area contributed by atoms with Crippen molar-refractivity contribution < 1.29 is 23.1 Å². The number of hydrogen-bond acceptors (Lipinski definition) is 6. The number of ether oxygens (including phenoxy) is 1. The third-order valence-electron chi connectivity index (χ3n) is 10.5. The maximum Gasteiger partial charge on any atom is 0.407 e. The van der Waals surface area contributed by atoms with E-state index in [1.54, 1.807) is 17.3 Å². The number of carbonyl (C=O) groups is 2. The second-order valence-corrected chi connectivity index (χ2v) is 13.8. The van der Waals surface area contributed by atoms with E-state index in [0.29, 0.717) is 30.9 Å². The SMILES string of the molecule is COC(=O)N[C@H]1CCc2cccc3c2N(C1=O)[C@H](c1ncc(-c2ccc(-c4ccc5cc(-c6cnc([C@@H]7CC(F)(F)CN7)[nH]6)ccc5c4)cc2)[nH]1)C3.Cl. The molecule has 0 bridgehead atoms. The van der Waals surface area contributed by atoms with Gasteiger partial charge in [-0.05, 0) is 63.6 Å². The molecule has 3 aliphatic rings. The molecule has 0 saturated carbocycles. The Balaban J connectivity index is 0.00000400. The molecular formula is C40H36ClF2N7O3. The van der Waals surface area contributed by atoms with Crippen LogP contribution in [0.4, 0.5) is 19.3 Å². The lowest BCUT2D eigenvalue weighted by Gasteiger charge is -2.27. The second-order valence-electron chi connectivity index (χ2n) is 13.8. The minimum absolute atomic E-state index is 0. The fourth-order valence-corrected chi connectivity index (χ4v) is 7.84. The van der Waals surface area contributed by atoms with Gasteiger partial charge in [0.2, 0.25) is 5.91 Å². The highest BCUT2D eigenvalue weighted by atomic mass is 35.5. The summed E-state index contributed by atoms with van der Waals surface area (Å²) < 4.78 is 32.2. The first-order valence-electron chi connectivity index (χ1n) is 17.4. The normalized spacial score (nSPS) is 20.2. The van der Waals surface area contributed by atoms with Gasteiger partial charge in [-0.15, -0.1) is 12.4 Å². The number of nitrogens with one attached hydrogen (secondary N) is 4. The summed E-state index contributed by atoms with van der Waals surface area (Å²) in [4.78, 5) is 43.6. The third kappa shape index (κ3) is 6.31. The lowest BCUT2D eigenvalue weighted by atomic mass is 9.98. The summed E-state index contributed by atoms with van der Waals surface area (Å²) in [6.45, 7) is -0.335. The largest absolute Gasteiger partial charge is 0.453 e. The molecule has 0 unspecified atom stereocenters.